The summed E-state index contributed by atoms with van der Waals surface area (Å²) in [6, 6.07) is 8.64. The van der Waals surface area contributed by atoms with Gasteiger partial charge in [-0.1, -0.05) is 19.1 Å². The molecule has 1 N–H and O–H groups in total. The summed E-state index contributed by atoms with van der Waals surface area (Å²) < 4.78 is 0. The standard InChI is InChI=1S/C13H21NO/c1-5-10(2)14(4)13-8-6-12(7-9-13)11(3)15/h6-11,15H,5H2,1-4H3. The molecule has 0 aromatic heterocycles. The fourth-order valence-corrected chi connectivity index (χ4v) is 1.52. The Morgan fingerprint density at radius 3 is 2.13 bits per heavy atom. The summed E-state index contributed by atoms with van der Waals surface area (Å²) in [6.45, 7) is 6.18. The first kappa shape index (κ1) is 12.1. The molecule has 0 spiro atoms. The molecule has 0 saturated heterocycles. The summed E-state index contributed by atoms with van der Waals surface area (Å²) >= 11 is 0. The highest BCUT2D eigenvalue weighted by atomic mass is 16.3. The molecule has 2 nitrogen and oxygen atoms in total. The molecule has 0 aliphatic heterocycles. The number of anilines is 1. The average molecular weight is 207 g/mol. The van der Waals surface area contributed by atoms with Gasteiger partial charge in [0.05, 0.1) is 6.10 Å². The van der Waals surface area contributed by atoms with E-state index in [4.69, 9.17) is 0 Å². The molecule has 0 amide bonds. The zero-order valence-electron chi connectivity index (χ0n) is 10.1. The first-order valence-corrected chi connectivity index (χ1v) is 5.57. The van der Waals surface area contributed by atoms with Crippen LogP contribution in [0.3, 0.4) is 0 Å². The maximum Gasteiger partial charge on any atom is 0.0761 e. The largest absolute Gasteiger partial charge is 0.389 e. The third-order valence-corrected chi connectivity index (χ3v) is 3.03. The van der Waals surface area contributed by atoms with E-state index in [1.165, 1.54) is 5.69 Å². The molecule has 0 bridgehead atoms. The smallest absolute Gasteiger partial charge is 0.0761 e. The van der Waals surface area contributed by atoms with Gasteiger partial charge in [0.2, 0.25) is 0 Å². The van der Waals surface area contributed by atoms with Crippen LogP contribution in [-0.2, 0) is 0 Å². The van der Waals surface area contributed by atoms with Crippen LogP contribution in [0, 0.1) is 0 Å². The van der Waals surface area contributed by atoms with Crippen LogP contribution >= 0.6 is 0 Å². The second-order valence-electron chi connectivity index (χ2n) is 4.14. The lowest BCUT2D eigenvalue weighted by Crippen LogP contribution is -2.27. The summed E-state index contributed by atoms with van der Waals surface area (Å²) in [7, 11) is 2.10. The van der Waals surface area contributed by atoms with Crippen LogP contribution in [0.2, 0.25) is 0 Å². The number of hydrogen-bond acceptors (Lipinski definition) is 2. The number of rotatable bonds is 4. The van der Waals surface area contributed by atoms with Crippen molar-refractivity contribution in [1.29, 1.82) is 0 Å². The van der Waals surface area contributed by atoms with Crippen LogP contribution < -0.4 is 4.90 Å². The molecular formula is C13H21NO. The lowest BCUT2D eigenvalue weighted by Gasteiger charge is -2.26. The molecule has 0 heterocycles. The van der Waals surface area contributed by atoms with E-state index in [0.29, 0.717) is 6.04 Å². The van der Waals surface area contributed by atoms with E-state index in [2.05, 4.69) is 37.9 Å². The van der Waals surface area contributed by atoms with Gasteiger partial charge in [0.25, 0.3) is 0 Å². The molecule has 0 aliphatic rings. The fourth-order valence-electron chi connectivity index (χ4n) is 1.52. The van der Waals surface area contributed by atoms with Gasteiger partial charge in [-0.05, 0) is 38.0 Å². The van der Waals surface area contributed by atoms with Gasteiger partial charge in [0.15, 0.2) is 0 Å². The molecule has 0 aliphatic carbocycles. The highest BCUT2D eigenvalue weighted by Crippen LogP contribution is 2.20. The Kier molecular flexibility index (Phi) is 4.15. The Hall–Kier alpha value is -1.02. The highest BCUT2D eigenvalue weighted by molar-refractivity contribution is 5.47. The Labute approximate surface area is 92.5 Å². The predicted octanol–water partition coefficient (Wildman–Crippen LogP) is 2.97. The van der Waals surface area contributed by atoms with Crippen molar-refractivity contribution in [2.75, 3.05) is 11.9 Å². The molecule has 1 aromatic carbocycles. The SMILES string of the molecule is CCC(C)N(C)c1ccc(C(C)O)cc1. The molecule has 2 unspecified atom stereocenters. The van der Waals surface area contributed by atoms with Crippen LogP contribution in [0.1, 0.15) is 38.9 Å². The van der Waals surface area contributed by atoms with Crippen LogP contribution in [0.15, 0.2) is 24.3 Å². The second-order valence-corrected chi connectivity index (χ2v) is 4.14. The van der Waals surface area contributed by atoms with Crippen molar-refractivity contribution in [2.45, 2.75) is 39.3 Å². The maximum atomic E-state index is 9.39. The molecule has 2 atom stereocenters. The molecular weight excluding hydrogens is 186 g/mol. The summed E-state index contributed by atoms with van der Waals surface area (Å²) in [5.74, 6) is 0. The number of aliphatic hydroxyl groups is 1. The van der Waals surface area contributed by atoms with Crippen LogP contribution in [-0.4, -0.2) is 18.2 Å². The maximum absolute atomic E-state index is 9.39. The fraction of sp³-hybridized carbons (Fsp3) is 0.538. The first-order valence-electron chi connectivity index (χ1n) is 5.57. The molecule has 0 radical (unpaired) electrons. The van der Waals surface area contributed by atoms with Crippen LogP contribution in [0.25, 0.3) is 0 Å². The van der Waals surface area contributed by atoms with E-state index < -0.39 is 0 Å². The number of hydrogen-bond donors (Lipinski definition) is 1. The van der Waals surface area contributed by atoms with E-state index in [9.17, 15) is 5.11 Å². The Balaban J connectivity index is 2.79. The average Bonchev–Trinajstić information content (AvgIpc) is 2.27. The number of benzene rings is 1. The predicted molar refractivity (Wildman–Crippen MR) is 65.2 cm³/mol. The summed E-state index contributed by atoms with van der Waals surface area (Å²) in [5, 5.41) is 9.39. The van der Waals surface area contributed by atoms with Crippen molar-refractivity contribution >= 4 is 5.69 Å². The topological polar surface area (TPSA) is 23.5 Å². The van der Waals surface area contributed by atoms with Gasteiger partial charge in [0.1, 0.15) is 0 Å². The van der Waals surface area contributed by atoms with Crippen molar-refractivity contribution in [3.8, 4) is 0 Å². The summed E-state index contributed by atoms with van der Waals surface area (Å²) in [5.41, 5.74) is 2.17. The lowest BCUT2D eigenvalue weighted by molar-refractivity contribution is 0.199. The molecule has 0 saturated carbocycles. The van der Waals surface area contributed by atoms with E-state index in [0.717, 1.165) is 12.0 Å². The molecule has 1 aromatic rings. The zero-order valence-corrected chi connectivity index (χ0v) is 10.1. The van der Waals surface area contributed by atoms with Crippen molar-refractivity contribution < 1.29 is 5.11 Å². The Morgan fingerprint density at radius 2 is 1.73 bits per heavy atom. The van der Waals surface area contributed by atoms with Crippen LogP contribution in [0.4, 0.5) is 5.69 Å². The normalized spacial score (nSPS) is 14.7. The number of nitrogens with zero attached hydrogens (tertiary/aromatic N) is 1. The Morgan fingerprint density at radius 1 is 1.20 bits per heavy atom. The lowest BCUT2D eigenvalue weighted by atomic mass is 10.1. The molecule has 1 rings (SSSR count). The van der Waals surface area contributed by atoms with Gasteiger partial charge >= 0.3 is 0 Å². The Bertz CT molecular complexity index is 292. The molecule has 0 fully saturated rings. The molecule has 84 valence electrons. The molecule has 2 heteroatoms. The quantitative estimate of drug-likeness (QED) is 0.820. The highest BCUT2D eigenvalue weighted by Gasteiger charge is 2.08. The van der Waals surface area contributed by atoms with Gasteiger partial charge in [-0.15, -0.1) is 0 Å². The monoisotopic (exact) mass is 207 g/mol. The summed E-state index contributed by atoms with van der Waals surface area (Å²) in [4.78, 5) is 2.26. The minimum absolute atomic E-state index is 0.382. The zero-order chi connectivity index (χ0) is 11.4. The van der Waals surface area contributed by atoms with Gasteiger partial charge in [-0.3, -0.25) is 0 Å². The third kappa shape index (κ3) is 2.96. The molecule has 15 heavy (non-hydrogen) atoms. The van der Waals surface area contributed by atoms with Gasteiger partial charge in [0, 0.05) is 18.8 Å². The van der Waals surface area contributed by atoms with E-state index in [-0.39, 0.29) is 6.10 Å². The van der Waals surface area contributed by atoms with Crippen LogP contribution in [0.5, 0.6) is 0 Å². The minimum atomic E-state index is -0.382. The van der Waals surface area contributed by atoms with Crippen molar-refractivity contribution in [3.63, 3.8) is 0 Å². The minimum Gasteiger partial charge on any atom is -0.389 e. The number of aliphatic hydroxyl groups excluding tert-OH is 1. The van der Waals surface area contributed by atoms with E-state index >= 15 is 0 Å². The first-order chi connectivity index (χ1) is 7.06. The third-order valence-electron chi connectivity index (χ3n) is 3.03. The van der Waals surface area contributed by atoms with Crippen molar-refractivity contribution in [2.24, 2.45) is 0 Å². The summed E-state index contributed by atoms with van der Waals surface area (Å²) in [6.07, 6.45) is 0.752. The van der Waals surface area contributed by atoms with E-state index in [1.807, 2.05) is 12.1 Å². The van der Waals surface area contributed by atoms with Gasteiger partial charge in [-0.2, -0.15) is 0 Å². The van der Waals surface area contributed by atoms with E-state index in [1.54, 1.807) is 6.92 Å². The van der Waals surface area contributed by atoms with Crippen molar-refractivity contribution in [3.05, 3.63) is 29.8 Å². The second kappa shape index (κ2) is 5.17. The van der Waals surface area contributed by atoms with Crippen molar-refractivity contribution in [1.82, 2.24) is 0 Å². The van der Waals surface area contributed by atoms with Gasteiger partial charge < -0.3 is 10.0 Å². The van der Waals surface area contributed by atoms with Gasteiger partial charge in [-0.25, -0.2) is 0 Å².